The van der Waals surface area contributed by atoms with Crippen molar-refractivity contribution in [1.29, 1.82) is 0 Å². The number of carbonyl (C=O) groups excluding carboxylic acids is 1. The van der Waals surface area contributed by atoms with Gasteiger partial charge in [0.25, 0.3) is 0 Å². The number of hydrogen-bond acceptors (Lipinski definition) is 2. The van der Waals surface area contributed by atoms with E-state index >= 15 is 0 Å². The highest BCUT2D eigenvalue weighted by Crippen LogP contribution is 2.23. The van der Waals surface area contributed by atoms with Crippen LogP contribution in [0, 0.1) is 5.92 Å². The van der Waals surface area contributed by atoms with E-state index in [-0.39, 0.29) is 12.5 Å². The lowest BCUT2D eigenvalue weighted by Crippen LogP contribution is -2.43. The van der Waals surface area contributed by atoms with Crippen molar-refractivity contribution < 1.29 is 14.7 Å². The topological polar surface area (TPSA) is 60.9 Å². The second-order valence-corrected chi connectivity index (χ2v) is 5.56. The van der Waals surface area contributed by atoms with E-state index in [1.807, 2.05) is 9.80 Å². The van der Waals surface area contributed by atoms with Crippen molar-refractivity contribution in [2.75, 3.05) is 26.2 Å². The van der Waals surface area contributed by atoms with Gasteiger partial charge in [-0.15, -0.1) is 0 Å². The molecular formula is C14H22N2O3. The number of carbonyl (C=O) groups is 2. The van der Waals surface area contributed by atoms with Crippen LogP contribution in [-0.4, -0.2) is 53.1 Å². The average Bonchev–Trinajstić information content (AvgIpc) is 2.85. The molecule has 1 fully saturated rings. The Labute approximate surface area is 113 Å². The van der Waals surface area contributed by atoms with Gasteiger partial charge in [-0.05, 0) is 32.1 Å². The van der Waals surface area contributed by atoms with Gasteiger partial charge >= 0.3 is 12.0 Å². The summed E-state index contributed by atoms with van der Waals surface area (Å²) in [4.78, 5) is 26.6. The van der Waals surface area contributed by atoms with Crippen LogP contribution in [0.5, 0.6) is 0 Å². The fourth-order valence-corrected chi connectivity index (χ4v) is 2.71. The van der Waals surface area contributed by atoms with Crippen molar-refractivity contribution in [2.45, 2.75) is 32.6 Å². The maximum Gasteiger partial charge on any atom is 0.320 e. The van der Waals surface area contributed by atoms with Gasteiger partial charge in [0, 0.05) is 32.6 Å². The highest BCUT2D eigenvalue weighted by molar-refractivity contribution is 5.75. The van der Waals surface area contributed by atoms with E-state index in [0.717, 1.165) is 25.9 Å². The molecule has 0 aromatic rings. The first-order valence-corrected chi connectivity index (χ1v) is 6.97. The monoisotopic (exact) mass is 266 g/mol. The van der Waals surface area contributed by atoms with Crippen LogP contribution in [0.2, 0.25) is 0 Å². The third kappa shape index (κ3) is 3.72. The van der Waals surface area contributed by atoms with Crippen LogP contribution in [-0.2, 0) is 4.79 Å². The minimum absolute atomic E-state index is 0.113. The first-order chi connectivity index (χ1) is 9.06. The summed E-state index contributed by atoms with van der Waals surface area (Å²) in [5.41, 5.74) is 1.35. The molecule has 1 N–H and O–H groups in total. The van der Waals surface area contributed by atoms with Crippen LogP contribution in [0.4, 0.5) is 4.79 Å². The van der Waals surface area contributed by atoms with Crippen LogP contribution in [0.15, 0.2) is 11.6 Å². The standard InChI is InChI=1S/C14H22N2O3/c1-11-4-7-15(8-5-11)14(19)16-9-6-12(10-16)2-3-13(17)18/h4,12H,2-3,5-10H2,1H3,(H,17,18). The van der Waals surface area contributed by atoms with Crippen molar-refractivity contribution in [3.8, 4) is 0 Å². The molecule has 1 unspecified atom stereocenters. The number of aliphatic carboxylic acids is 1. The normalized spacial score (nSPS) is 23.4. The molecule has 2 heterocycles. The molecule has 2 amide bonds. The minimum atomic E-state index is -0.749. The molecular weight excluding hydrogens is 244 g/mol. The molecule has 5 nitrogen and oxygen atoms in total. The van der Waals surface area contributed by atoms with Crippen LogP contribution in [0.25, 0.3) is 0 Å². The van der Waals surface area contributed by atoms with Gasteiger partial charge in [-0.2, -0.15) is 0 Å². The van der Waals surface area contributed by atoms with Crippen LogP contribution in [0.1, 0.15) is 32.6 Å². The largest absolute Gasteiger partial charge is 0.481 e. The molecule has 0 radical (unpaired) electrons. The van der Waals surface area contributed by atoms with E-state index in [9.17, 15) is 9.59 Å². The van der Waals surface area contributed by atoms with E-state index in [0.29, 0.717) is 25.4 Å². The quantitative estimate of drug-likeness (QED) is 0.794. The van der Waals surface area contributed by atoms with Crippen molar-refractivity contribution in [3.05, 3.63) is 11.6 Å². The first kappa shape index (κ1) is 13.9. The molecule has 0 aromatic carbocycles. The van der Waals surface area contributed by atoms with E-state index in [4.69, 9.17) is 5.11 Å². The number of rotatable bonds is 3. The van der Waals surface area contributed by atoms with E-state index in [1.54, 1.807) is 0 Å². The summed E-state index contributed by atoms with van der Waals surface area (Å²) in [5, 5.41) is 8.68. The summed E-state index contributed by atoms with van der Waals surface area (Å²) in [7, 11) is 0. The number of carboxylic acid groups (broad SMARTS) is 1. The highest BCUT2D eigenvalue weighted by Gasteiger charge is 2.29. The molecule has 1 saturated heterocycles. The van der Waals surface area contributed by atoms with Gasteiger partial charge < -0.3 is 14.9 Å². The van der Waals surface area contributed by atoms with Crippen molar-refractivity contribution in [3.63, 3.8) is 0 Å². The maximum absolute atomic E-state index is 12.3. The molecule has 0 spiro atoms. The predicted molar refractivity (Wildman–Crippen MR) is 71.9 cm³/mol. The number of urea groups is 1. The van der Waals surface area contributed by atoms with Gasteiger partial charge in [0.05, 0.1) is 0 Å². The second kappa shape index (κ2) is 6.08. The lowest BCUT2D eigenvalue weighted by molar-refractivity contribution is -0.137. The van der Waals surface area contributed by atoms with Crippen molar-refractivity contribution in [2.24, 2.45) is 5.92 Å². The summed E-state index contributed by atoms with van der Waals surface area (Å²) in [6.07, 6.45) is 4.89. The number of carboxylic acids is 1. The molecule has 2 aliphatic heterocycles. The predicted octanol–water partition coefficient (Wildman–Crippen LogP) is 1.95. The van der Waals surface area contributed by atoms with Gasteiger partial charge in [-0.25, -0.2) is 4.79 Å². The van der Waals surface area contributed by atoms with Crippen LogP contribution in [0.3, 0.4) is 0 Å². The molecule has 5 heteroatoms. The van der Waals surface area contributed by atoms with E-state index < -0.39 is 5.97 Å². The zero-order valence-corrected chi connectivity index (χ0v) is 11.5. The van der Waals surface area contributed by atoms with Gasteiger partial charge in [0.2, 0.25) is 0 Å². The molecule has 2 rings (SSSR count). The lowest BCUT2D eigenvalue weighted by atomic mass is 10.0. The summed E-state index contributed by atoms with van der Waals surface area (Å²) in [6.45, 7) is 5.09. The van der Waals surface area contributed by atoms with Crippen LogP contribution < -0.4 is 0 Å². The molecule has 0 saturated carbocycles. The van der Waals surface area contributed by atoms with E-state index in [1.165, 1.54) is 5.57 Å². The summed E-state index contributed by atoms with van der Waals surface area (Å²) in [5.74, 6) is -0.400. The number of amides is 2. The van der Waals surface area contributed by atoms with Crippen molar-refractivity contribution in [1.82, 2.24) is 9.80 Å². The Bertz CT molecular complexity index is 392. The summed E-state index contributed by atoms with van der Waals surface area (Å²) >= 11 is 0. The summed E-state index contributed by atoms with van der Waals surface area (Å²) < 4.78 is 0. The average molecular weight is 266 g/mol. The number of nitrogens with zero attached hydrogens (tertiary/aromatic N) is 2. The zero-order chi connectivity index (χ0) is 13.8. The first-order valence-electron chi connectivity index (χ1n) is 6.97. The number of hydrogen-bond donors (Lipinski definition) is 1. The zero-order valence-electron chi connectivity index (χ0n) is 11.5. The molecule has 0 bridgehead atoms. The van der Waals surface area contributed by atoms with E-state index in [2.05, 4.69) is 13.0 Å². The fourth-order valence-electron chi connectivity index (χ4n) is 2.71. The Morgan fingerprint density at radius 1 is 1.37 bits per heavy atom. The maximum atomic E-state index is 12.3. The van der Waals surface area contributed by atoms with Crippen molar-refractivity contribution >= 4 is 12.0 Å². The third-order valence-corrected chi connectivity index (χ3v) is 4.03. The molecule has 2 aliphatic rings. The SMILES string of the molecule is CC1=CCN(C(=O)N2CCC(CCC(=O)O)C2)CC1. The summed E-state index contributed by atoms with van der Waals surface area (Å²) in [6, 6.07) is 0.113. The fraction of sp³-hybridized carbons (Fsp3) is 0.714. The molecule has 1 atom stereocenters. The third-order valence-electron chi connectivity index (χ3n) is 4.03. The molecule has 0 aliphatic carbocycles. The molecule has 106 valence electrons. The van der Waals surface area contributed by atoms with Gasteiger partial charge in [-0.3, -0.25) is 4.79 Å². The minimum Gasteiger partial charge on any atom is -0.481 e. The van der Waals surface area contributed by atoms with Gasteiger partial charge in [-0.1, -0.05) is 11.6 Å². The van der Waals surface area contributed by atoms with Gasteiger partial charge in [0.15, 0.2) is 0 Å². The Hall–Kier alpha value is -1.52. The lowest BCUT2D eigenvalue weighted by Gasteiger charge is -2.30. The number of likely N-dealkylation sites (tertiary alicyclic amines) is 1. The molecule has 19 heavy (non-hydrogen) atoms. The highest BCUT2D eigenvalue weighted by atomic mass is 16.4. The van der Waals surface area contributed by atoms with Gasteiger partial charge in [0.1, 0.15) is 0 Å². The smallest absolute Gasteiger partial charge is 0.320 e. The van der Waals surface area contributed by atoms with Crippen LogP contribution >= 0.6 is 0 Å². The Morgan fingerprint density at radius 2 is 2.16 bits per heavy atom. The Balaban J connectivity index is 1.80. The Morgan fingerprint density at radius 3 is 2.79 bits per heavy atom. The Kier molecular flexibility index (Phi) is 4.45. The second-order valence-electron chi connectivity index (χ2n) is 5.56. The molecule has 0 aromatic heterocycles.